The van der Waals surface area contributed by atoms with Gasteiger partial charge in [-0.15, -0.1) is 0 Å². The van der Waals surface area contributed by atoms with Gasteiger partial charge in [-0.3, -0.25) is 4.79 Å². The van der Waals surface area contributed by atoms with Crippen molar-refractivity contribution in [1.82, 2.24) is 10.2 Å². The molecule has 2 aromatic rings. The van der Waals surface area contributed by atoms with Gasteiger partial charge >= 0.3 is 5.63 Å². The predicted molar refractivity (Wildman–Crippen MR) is 88.0 cm³/mol. The third kappa shape index (κ3) is 4.00. The van der Waals surface area contributed by atoms with Crippen LogP contribution >= 0.6 is 23.2 Å². The van der Waals surface area contributed by atoms with Gasteiger partial charge in [0.05, 0.1) is 5.02 Å². The number of carbonyl (C=O) groups is 1. The van der Waals surface area contributed by atoms with Crippen LogP contribution in [0.4, 0.5) is 0 Å². The highest BCUT2D eigenvalue weighted by atomic mass is 35.5. The molecule has 0 unspecified atom stereocenters. The molecule has 1 amide bonds. The van der Waals surface area contributed by atoms with E-state index in [4.69, 9.17) is 27.6 Å². The van der Waals surface area contributed by atoms with Gasteiger partial charge in [0, 0.05) is 17.0 Å². The fourth-order valence-corrected chi connectivity index (χ4v) is 2.56. The fraction of sp³-hybridized carbons (Fsp3) is 0.333. The van der Waals surface area contributed by atoms with Crippen molar-refractivity contribution in [2.75, 3.05) is 27.2 Å². The highest BCUT2D eigenvalue weighted by molar-refractivity contribution is 6.38. The summed E-state index contributed by atoms with van der Waals surface area (Å²) in [6.07, 6.45) is 0.787. The predicted octanol–water partition coefficient (Wildman–Crippen LogP) is 2.78. The van der Waals surface area contributed by atoms with Gasteiger partial charge in [0.25, 0.3) is 5.91 Å². The lowest BCUT2D eigenvalue weighted by Gasteiger charge is -2.09. The van der Waals surface area contributed by atoms with E-state index < -0.39 is 11.5 Å². The molecule has 0 radical (unpaired) electrons. The SMILES string of the molecule is CN(C)CCCNC(=O)c1cc2cc(Cl)cc(Cl)c2oc1=O. The Bertz CT molecular complexity index is 756. The molecule has 22 heavy (non-hydrogen) atoms. The first-order chi connectivity index (χ1) is 10.4. The second kappa shape index (κ2) is 7.13. The number of hydrogen-bond acceptors (Lipinski definition) is 4. The molecule has 1 aromatic carbocycles. The van der Waals surface area contributed by atoms with Crippen LogP contribution in [-0.4, -0.2) is 38.0 Å². The summed E-state index contributed by atoms with van der Waals surface area (Å²) >= 11 is 11.9. The molecule has 2 rings (SSSR count). The minimum atomic E-state index is -0.721. The van der Waals surface area contributed by atoms with E-state index in [0.717, 1.165) is 13.0 Å². The molecule has 0 fully saturated rings. The van der Waals surface area contributed by atoms with E-state index in [2.05, 4.69) is 5.32 Å². The van der Waals surface area contributed by atoms with Gasteiger partial charge < -0.3 is 14.6 Å². The number of rotatable bonds is 5. The smallest absolute Gasteiger partial charge is 0.349 e. The Hall–Kier alpha value is -1.56. The van der Waals surface area contributed by atoms with E-state index in [1.54, 1.807) is 6.07 Å². The average Bonchev–Trinajstić information content (AvgIpc) is 2.43. The number of benzene rings is 1. The Kier molecular flexibility index (Phi) is 5.45. The van der Waals surface area contributed by atoms with Gasteiger partial charge in [-0.05, 0) is 45.3 Å². The highest BCUT2D eigenvalue weighted by Gasteiger charge is 2.15. The lowest BCUT2D eigenvalue weighted by molar-refractivity contribution is 0.0949. The molecule has 0 bridgehead atoms. The summed E-state index contributed by atoms with van der Waals surface area (Å²) in [4.78, 5) is 26.0. The first kappa shape index (κ1) is 16.8. The number of fused-ring (bicyclic) bond motifs is 1. The summed E-state index contributed by atoms with van der Waals surface area (Å²) in [5, 5.41) is 3.85. The maximum absolute atomic E-state index is 12.1. The Morgan fingerprint density at radius 2 is 2.00 bits per heavy atom. The second-order valence-corrected chi connectivity index (χ2v) is 6.01. The van der Waals surface area contributed by atoms with Crippen LogP contribution in [0.1, 0.15) is 16.8 Å². The van der Waals surface area contributed by atoms with Gasteiger partial charge in [-0.25, -0.2) is 4.79 Å². The molecule has 7 heteroatoms. The van der Waals surface area contributed by atoms with E-state index in [9.17, 15) is 9.59 Å². The van der Waals surface area contributed by atoms with Crippen molar-refractivity contribution in [2.45, 2.75) is 6.42 Å². The lowest BCUT2D eigenvalue weighted by atomic mass is 10.1. The van der Waals surface area contributed by atoms with Gasteiger partial charge in [0.1, 0.15) is 5.56 Å². The van der Waals surface area contributed by atoms with Gasteiger partial charge in [0.15, 0.2) is 5.58 Å². The fourth-order valence-electron chi connectivity index (χ4n) is 2.01. The molecule has 0 spiro atoms. The van der Waals surface area contributed by atoms with E-state index in [-0.39, 0.29) is 16.2 Å². The minimum absolute atomic E-state index is 0.0595. The Morgan fingerprint density at radius 1 is 1.27 bits per heavy atom. The Labute approximate surface area is 137 Å². The van der Waals surface area contributed by atoms with Crippen LogP contribution in [0.15, 0.2) is 27.4 Å². The summed E-state index contributed by atoms with van der Waals surface area (Å²) < 4.78 is 5.13. The third-order valence-corrected chi connectivity index (χ3v) is 3.56. The molecule has 0 aliphatic heterocycles. The first-order valence-corrected chi connectivity index (χ1v) is 7.50. The minimum Gasteiger partial charge on any atom is -0.421 e. The quantitative estimate of drug-likeness (QED) is 0.670. The standard InChI is InChI=1S/C15H16Cl2N2O3/c1-19(2)5-3-4-18-14(20)11-7-9-6-10(16)8-12(17)13(9)22-15(11)21/h6-8H,3-5H2,1-2H3,(H,18,20). The van der Waals surface area contributed by atoms with Crippen molar-refractivity contribution in [3.63, 3.8) is 0 Å². The molecule has 1 heterocycles. The largest absolute Gasteiger partial charge is 0.421 e. The van der Waals surface area contributed by atoms with Crippen molar-refractivity contribution in [1.29, 1.82) is 0 Å². The van der Waals surface area contributed by atoms with E-state index in [1.165, 1.54) is 12.1 Å². The van der Waals surface area contributed by atoms with Crippen molar-refractivity contribution in [2.24, 2.45) is 0 Å². The van der Waals surface area contributed by atoms with Crippen molar-refractivity contribution < 1.29 is 9.21 Å². The maximum atomic E-state index is 12.1. The molecule has 0 saturated carbocycles. The van der Waals surface area contributed by atoms with Crippen molar-refractivity contribution in [3.05, 3.63) is 44.2 Å². The Morgan fingerprint density at radius 3 is 2.68 bits per heavy atom. The van der Waals surface area contributed by atoms with Gasteiger partial charge in [0.2, 0.25) is 0 Å². The number of halogens is 2. The van der Waals surface area contributed by atoms with Crippen LogP contribution in [0.5, 0.6) is 0 Å². The zero-order valence-corrected chi connectivity index (χ0v) is 13.8. The molecular formula is C15H16Cl2N2O3. The van der Waals surface area contributed by atoms with E-state index in [1.807, 2.05) is 19.0 Å². The van der Waals surface area contributed by atoms with Crippen LogP contribution in [0, 0.1) is 0 Å². The molecule has 5 nitrogen and oxygen atoms in total. The Balaban J connectivity index is 2.22. The zero-order valence-electron chi connectivity index (χ0n) is 12.3. The van der Waals surface area contributed by atoms with E-state index >= 15 is 0 Å². The summed E-state index contributed by atoms with van der Waals surface area (Å²) in [6, 6.07) is 4.52. The number of nitrogens with zero attached hydrogens (tertiary/aromatic N) is 1. The highest BCUT2D eigenvalue weighted by Crippen LogP contribution is 2.27. The second-order valence-electron chi connectivity index (χ2n) is 5.17. The first-order valence-electron chi connectivity index (χ1n) is 6.74. The number of hydrogen-bond donors (Lipinski definition) is 1. The molecule has 0 atom stereocenters. The van der Waals surface area contributed by atoms with Gasteiger partial charge in [-0.2, -0.15) is 0 Å². The van der Waals surface area contributed by atoms with Crippen LogP contribution < -0.4 is 10.9 Å². The normalized spacial score (nSPS) is 11.1. The molecular weight excluding hydrogens is 327 g/mol. The zero-order chi connectivity index (χ0) is 16.3. The number of carbonyl (C=O) groups excluding carboxylic acids is 1. The summed E-state index contributed by atoms with van der Waals surface area (Å²) in [5.41, 5.74) is -0.558. The average molecular weight is 343 g/mol. The van der Waals surface area contributed by atoms with Gasteiger partial charge in [-0.1, -0.05) is 23.2 Å². The maximum Gasteiger partial charge on any atom is 0.349 e. The summed E-state index contributed by atoms with van der Waals surface area (Å²) in [5.74, 6) is -0.467. The van der Waals surface area contributed by atoms with Crippen molar-refractivity contribution >= 4 is 40.1 Å². The molecule has 118 valence electrons. The molecule has 1 N–H and O–H groups in total. The number of amides is 1. The number of nitrogens with one attached hydrogen (secondary N) is 1. The molecule has 1 aromatic heterocycles. The summed E-state index contributed by atoms with van der Waals surface area (Å²) in [7, 11) is 3.90. The van der Waals surface area contributed by atoms with E-state index in [0.29, 0.717) is 17.0 Å². The molecule has 0 aliphatic carbocycles. The van der Waals surface area contributed by atoms with Crippen LogP contribution in [-0.2, 0) is 0 Å². The summed E-state index contributed by atoms with van der Waals surface area (Å²) in [6.45, 7) is 1.32. The monoisotopic (exact) mass is 342 g/mol. The molecule has 0 saturated heterocycles. The van der Waals surface area contributed by atoms with Crippen LogP contribution in [0.25, 0.3) is 11.0 Å². The van der Waals surface area contributed by atoms with Crippen molar-refractivity contribution in [3.8, 4) is 0 Å². The lowest BCUT2D eigenvalue weighted by Crippen LogP contribution is -2.30. The van der Waals surface area contributed by atoms with Crippen LogP contribution in [0.3, 0.4) is 0 Å². The third-order valence-electron chi connectivity index (χ3n) is 3.06. The molecule has 0 aliphatic rings. The van der Waals surface area contributed by atoms with Crippen LogP contribution in [0.2, 0.25) is 10.0 Å². The topological polar surface area (TPSA) is 62.6 Å².